The summed E-state index contributed by atoms with van der Waals surface area (Å²) in [5, 5.41) is 8.14. The van der Waals surface area contributed by atoms with E-state index in [1.54, 1.807) is 18.2 Å². The number of H-pyrrole nitrogens is 1. The molecule has 6 rings (SSSR count). The van der Waals surface area contributed by atoms with Gasteiger partial charge in [0.15, 0.2) is 5.01 Å². The molecule has 0 bridgehead atoms. The lowest BCUT2D eigenvalue weighted by atomic mass is 9.81. The lowest BCUT2D eigenvalue weighted by molar-refractivity contribution is -0.141. The van der Waals surface area contributed by atoms with Crippen molar-refractivity contribution in [1.82, 2.24) is 30.4 Å². The van der Waals surface area contributed by atoms with E-state index in [-0.39, 0.29) is 29.7 Å². The number of fused-ring (bicyclic) bond motifs is 2. The molecule has 1 saturated carbocycles. The van der Waals surface area contributed by atoms with E-state index in [1.165, 1.54) is 11.3 Å². The van der Waals surface area contributed by atoms with Gasteiger partial charge in [-0.05, 0) is 50.6 Å². The Kier molecular flexibility index (Phi) is 7.80. The van der Waals surface area contributed by atoms with Gasteiger partial charge in [-0.1, -0.05) is 11.6 Å². The van der Waals surface area contributed by atoms with E-state index in [0.29, 0.717) is 61.3 Å². The van der Waals surface area contributed by atoms with Gasteiger partial charge >= 0.3 is 0 Å². The minimum atomic E-state index is -0.414. The highest BCUT2D eigenvalue weighted by atomic mass is 35.5. The number of rotatable bonds is 5. The van der Waals surface area contributed by atoms with Crippen LogP contribution in [0.1, 0.15) is 50.1 Å². The number of thiazole rings is 1. The summed E-state index contributed by atoms with van der Waals surface area (Å²) in [6.45, 7) is 3.94. The van der Waals surface area contributed by atoms with E-state index >= 15 is 0 Å². The van der Waals surface area contributed by atoms with Crippen LogP contribution in [0.5, 0.6) is 0 Å². The molecule has 12 heteroatoms. The number of ether oxygens (including phenoxy) is 1. The Morgan fingerprint density at radius 1 is 1.07 bits per heavy atom. The van der Waals surface area contributed by atoms with E-state index in [1.807, 2.05) is 11.0 Å². The second kappa shape index (κ2) is 11.5. The van der Waals surface area contributed by atoms with Crippen LogP contribution < -0.4 is 10.6 Å². The summed E-state index contributed by atoms with van der Waals surface area (Å²) in [6, 6.07) is 6.44. The number of nitrogens with one attached hydrogen (secondary N) is 3. The van der Waals surface area contributed by atoms with Crippen LogP contribution in [0.4, 0.5) is 0 Å². The van der Waals surface area contributed by atoms with Crippen molar-refractivity contribution in [3.05, 3.63) is 50.6 Å². The number of halogens is 1. The highest BCUT2D eigenvalue weighted by Gasteiger charge is 2.38. The highest BCUT2D eigenvalue weighted by molar-refractivity contribution is 7.13. The number of hydrogen-bond acceptors (Lipinski definition) is 7. The first-order chi connectivity index (χ1) is 19.3. The van der Waals surface area contributed by atoms with Crippen LogP contribution in [0.15, 0.2) is 24.3 Å². The third-order valence-corrected chi connectivity index (χ3v) is 9.42. The largest absolute Gasteiger partial charge is 0.378 e. The SMILES string of the molecule is CN1CCc2nc(C(=O)N[C@@H]3C[C@@H](C(=O)N4CCOCC4)CC[C@@H]3NC(=O)c3cc4cc(Cl)ccc4[nH]3)sc2C1. The third kappa shape index (κ3) is 5.74. The van der Waals surface area contributed by atoms with Crippen molar-refractivity contribution in [2.45, 2.75) is 44.3 Å². The smallest absolute Gasteiger partial charge is 0.280 e. The molecule has 40 heavy (non-hydrogen) atoms. The van der Waals surface area contributed by atoms with Crippen LogP contribution in [-0.2, 0) is 22.5 Å². The lowest BCUT2D eigenvalue weighted by Gasteiger charge is -2.38. The molecule has 10 nitrogen and oxygen atoms in total. The summed E-state index contributed by atoms with van der Waals surface area (Å²) in [7, 11) is 2.06. The van der Waals surface area contributed by atoms with Crippen LogP contribution in [-0.4, -0.2) is 89.5 Å². The first-order valence-electron chi connectivity index (χ1n) is 13.8. The van der Waals surface area contributed by atoms with Crippen molar-refractivity contribution in [2.24, 2.45) is 5.92 Å². The van der Waals surface area contributed by atoms with Gasteiger partial charge in [-0.15, -0.1) is 11.3 Å². The predicted octanol–water partition coefficient (Wildman–Crippen LogP) is 2.82. The number of carbonyl (C=O) groups excluding carboxylic acids is 3. The number of aromatic amines is 1. The van der Waals surface area contributed by atoms with Gasteiger partial charge in [0.1, 0.15) is 5.69 Å². The monoisotopic (exact) mass is 584 g/mol. The zero-order chi connectivity index (χ0) is 27.8. The van der Waals surface area contributed by atoms with Gasteiger partial charge in [-0.2, -0.15) is 0 Å². The molecule has 1 aromatic carbocycles. The maximum Gasteiger partial charge on any atom is 0.280 e. The van der Waals surface area contributed by atoms with Crippen molar-refractivity contribution >= 4 is 51.6 Å². The van der Waals surface area contributed by atoms with Crippen molar-refractivity contribution in [1.29, 1.82) is 0 Å². The molecule has 2 aliphatic heterocycles. The number of benzene rings is 1. The molecule has 0 spiro atoms. The topological polar surface area (TPSA) is 120 Å². The zero-order valence-corrected chi connectivity index (χ0v) is 23.9. The van der Waals surface area contributed by atoms with Gasteiger partial charge < -0.3 is 30.2 Å². The normalized spacial score (nSPS) is 23.6. The maximum absolute atomic E-state index is 13.4. The molecule has 1 saturated heterocycles. The van der Waals surface area contributed by atoms with Crippen molar-refractivity contribution in [3.8, 4) is 0 Å². The van der Waals surface area contributed by atoms with Crippen LogP contribution in [0, 0.1) is 5.92 Å². The number of likely N-dealkylation sites (N-methyl/N-ethyl adjacent to an activating group) is 1. The van der Waals surface area contributed by atoms with E-state index in [4.69, 9.17) is 16.3 Å². The number of amides is 3. The first-order valence-corrected chi connectivity index (χ1v) is 15.0. The lowest BCUT2D eigenvalue weighted by Crippen LogP contribution is -2.56. The second-order valence-corrected chi connectivity index (χ2v) is 12.4. The fourth-order valence-electron chi connectivity index (χ4n) is 5.89. The van der Waals surface area contributed by atoms with Crippen LogP contribution in [0.25, 0.3) is 10.9 Å². The second-order valence-electron chi connectivity index (χ2n) is 10.9. The van der Waals surface area contributed by atoms with Gasteiger partial charge in [0.05, 0.1) is 24.9 Å². The Morgan fingerprint density at radius 2 is 1.88 bits per heavy atom. The highest BCUT2D eigenvalue weighted by Crippen LogP contribution is 2.29. The van der Waals surface area contributed by atoms with E-state index in [2.05, 4.69) is 32.5 Å². The molecule has 2 aromatic heterocycles. The van der Waals surface area contributed by atoms with Crippen molar-refractivity contribution in [2.75, 3.05) is 39.9 Å². The summed E-state index contributed by atoms with van der Waals surface area (Å²) in [5.41, 5.74) is 2.23. The Morgan fingerprint density at radius 3 is 2.70 bits per heavy atom. The molecule has 0 radical (unpaired) electrons. The van der Waals surface area contributed by atoms with E-state index in [9.17, 15) is 14.4 Å². The Hall–Kier alpha value is -2.99. The molecule has 3 aromatic rings. The fourth-order valence-corrected chi connectivity index (χ4v) is 7.16. The van der Waals surface area contributed by atoms with Gasteiger partial charge in [-0.3, -0.25) is 14.4 Å². The number of hydrogen-bond donors (Lipinski definition) is 3. The minimum Gasteiger partial charge on any atom is -0.378 e. The summed E-state index contributed by atoms with van der Waals surface area (Å²) < 4.78 is 5.41. The summed E-state index contributed by atoms with van der Waals surface area (Å²) in [4.78, 5) is 53.0. The average molecular weight is 585 g/mol. The van der Waals surface area contributed by atoms with Crippen LogP contribution in [0.2, 0.25) is 5.02 Å². The molecule has 2 fully saturated rings. The molecular formula is C28H33ClN6O4S. The molecular weight excluding hydrogens is 552 g/mol. The Bertz CT molecular complexity index is 1430. The van der Waals surface area contributed by atoms with E-state index < -0.39 is 6.04 Å². The molecule has 3 amide bonds. The number of nitrogens with zero attached hydrogens (tertiary/aromatic N) is 3. The molecule has 1 aliphatic carbocycles. The zero-order valence-electron chi connectivity index (χ0n) is 22.4. The van der Waals surface area contributed by atoms with Gasteiger partial charge in [0.2, 0.25) is 5.91 Å². The molecule has 4 heterocycles. The molecule has 0 unspecified atom stereocenters. The number of aromatic nitrogens is 2. The fraction of sp³-hybridized carbons (Fsp3) is 0.500. The van der Waals surface area contributed by atoms with Crippen molar-refractivity contribution in [3.63, 3.8) is 0 Å². The summed E-state index contributed by atoms with van der Waals surface area (Å²) in [6.07, 6.45) is 2.48. The number of carbonyl (C=O) groups is 3. The first kappa shape index (κ1) is 27.2. The van der Waals surface area contributed by atoms with Gasteiger partial charge in [0.25, 0.3) is 11.8 Å². The summed E-state index contributed by atoms with van der Waals surface area (Å²) >= 11 is 7.54. The predicted molar refractivity (Wildman–Crippen MR) is 153 cm³/mol. The van der Waals surface area contributed by atoms with Crippen LogP contribution in [0.3, 0.4) is 0 Å². The quantitative estimate of drug-likeness (QED) is 0.424. The Labute approximate surface area is 241 Å². The maximum atomic E-state index is 13.4. The third-order valence-electron chi connectivity index (χ3n) is 8.10. The van der Waals surface area contributed by atoms with E-state index in [0.717, 1.165) is 41.0 Å². The van der Waals surface area contributed by atoms with Crippen LogP contribution >= 0.6 is 22.9 Å². The average Bonchev–Trinajstić information content (AvgIpc) is 3.58. The summed E-state index contributed by atoms with van der Waals surface area (Å²) in [5.74, 6) is -0.661. The molecule has 3 N–H and O–H groups in total. The van der Waals surface area contributed by atoms with Crippen molar-refractivity contribution < 1.29 is 19.1 Å². The van der Waals surface area contributed by atoms with Gasteiger partial charge in [0, 0.05) is 65.4 Å². The van der Waals surface area contributed by atoms with Gasteiger partial charge in [-0.25, -0.2) is 4.98 Å². The minimum absolute atomic E-state index is 0.0903. The molecule has 3 atom stereocenters. The standard InChI is InChI=1S/C28H33ClN6O4S/c1-34-7-6-21-24(15-34)40-27(33-21)26(37)32-22-13-16(28(38)35-8-10-39-11-9-35)2-4-20(22)31-25(36)23-14-17-12-18(29)3-5-19(17)30-23/h3,5,12,14,16,20,22,30H,2,4,6-11,13,15H2,1H3,(H,31,36)(H,32,37)/t16-,20-,22+/m0/s1. The molecule has 212 valence electrons. The molecule has 3 aliphatic rings. The Balaban J connectivity index is 1.20. The number of morpholine rings is 1.